The monoisotopic (exact) mass is 433 g/mol. The Morgan fingerprint density at radius 3 is 2.75 bits per heavy atom. The van der Waals surface area contributed by atoms with Crippen LogP contribution in [0.5, 0.6) is 0 Å². The number of oxazole rings is 1. The molecule has 5 rings (SSSR count). The van der Waals surface area contributed by atoms with Gasteiger partial charge in [-0.05, 0) is 31.2 Å². The van der Waals surface area contributed by atoms with Gasteiger partial charge in [-0.3, -0.25) is 23.1 Å². The summed E-state index contributed by atoms with van der Waals surface area (Å²) in [5.41, 5.74) is 2.51. The largest absolute Gasteiger partial charge is 0.457 e. The number of aromatic nitrogens is 5. The van der Waals surface area contributed by atoms with Crippen molar-refractivity contribution in [3.63, 3.8) is 0 Å². The number of rotatable bonds is 5. The second-order valence-electron chi connectivity index (χ2n) is 7.53. The van der Waals surface area contributed by atoms with Crippen LogP contribution in [0.1, 0.15) is 17.8 Å². The number of para-hydroxylation sites is 2. The van der Waals surface area contributed by atoms with Gasteiger partial charge in [0.05, 0.1) is 22.8 Å². The summed E-state index contributed by atoms with van der Waals surface area (Å²) in [5.74, 6) is -0.272. The molecule has 0 radical (unpaired) electrons. The van der Waals surface area contributed by atoms with Crippen LogP contribution in [-0.2, 0) is 29.7 Å². The van der Waals surface area contributed by atoms with Gasteiger partial charge in [-0.2, -0.15) is 0 Å². The SMILES string of the molecule is Cc1ccc2c(c1)c(=O)n(C)c1nnc(COC(=O)CCn3c(=O)oc4ccccc43)n21. The molecule has 0 spiro atoms. The van der Waals surface area contributed by atoms with Crippen molar-refractivity contribution in [3.8, 4) is 0 Å². The molecule has 0 unspecified atom stereocenters. The van der Waals surface area contributed by atoms with Gasteiger partial charge in [0.1, 0.15) is 0 Å². The highest BCUT2D eigenvalue weighted by molar-refractivity contribution is 5.81. The lowest BCUT2D eigenvalue weighted by atomic mass is 10.1. The van der Waals surface area contributed by atoms with Gasteiger partial charge < -0.3 is 9.15 Å². The van der Waals surface area contributed by atoms with Crippen molar-refractivity contribution in [2.24, 2.45) is 7.05 Å². The number of ether oxygens (including phenoxy) is 1. The lowest BCUT2D eigenvalue weighted by Crippen LogP contribution is -2.21. The molecule has 0 fully saturated rings. The van der Waals surface area contributed by atoms with Gasteiger partial charge >= 0.3 is 11.7 Å². The first-order chi connectivity index (χ1) is 15.4. The van der Waals surface area contributed by atoms with Crippen molar-refractivity contribution in [3.05, 3.63) is 74.8 Å². The zero-order valence-electron chi connectivity index (χ0n) is 17.4. The molecule has 2 aromatic carbocycles. The third kappa shape index (κ3) is 3.16. The number of carbonyl (C=O) groups is 1. The summed E-state index contributed by atoms with van der Waals surface area (Å²) in [4.78, 5) is 37.1. The van der Waals surface area contributed by atoms with E-state index in [1.807, 2.05) is 19.1 Å². The standard InChI is InChI=1S/C22H19N5O5/c1-13-7-8-15-14(11-13)20(29)25(2)21-24-23-18(27(15)21)12-31-19(28)9-10-26-16-5-3-4-6-17(16)32-22(26)30/h3-8,11H,9-10,12H2,1-2H3. The summed E-state index contributed by atoms with van der Waals surface area (Å²) in [6, 6.07) is 12.5. The van der Waals surface area contributed by atoms with Crippen LogP contribution in [0.25, 0.3) is 27.8 Å². The van der Waals surface area contributed by atoms with Crippen LogP contribution in [0.3, 0.4) is 0 Å². The third-order valence-corrected chi connectivity index (χ3v) is 5.42. The first-order valence-corrected chi connectivity index (χ1v) is 10.0. The minimum absolute atomic E-state index is 0.0153. The molecule has 0 atom stereocenters. The van der Waals surface area contributed by atoms with E-state index in [1.165, 1.54) is 9.13 Å². The maximum Gasteiger partial charge on any atom is 0.419 e. The molecule has 162 valence electrons. The van der Waals surface area contributed by atoms with Crippen molar-refractivity contribution in [2.75, 3.05) is 0 Å². The van der Waals surface area contributed by atoms with E-state index in [0.29, 0.717) is 33.6 Å². The number of carbonyl (C=O) groups excluding carboxylic acids is 1. The summed E-state index contributed by atoms with van der Waals surface area (Å²) in [6.45, 7) is 1.92. The molecule has 0 aliphatic rings. The van der Waals surface area contributed by atoms with Gasteiger partial charge in [0.2, 0.25) is 5.78 Å². The first kappa shape index (κ1) is 19.7. The van der Waals surface area contributed by atoms with Crippen molar-refractivity contribution in [1.29, 1.82) is 0 Å². The third-order valence-electron chi connectivity index (χ3n) is 5.42. The van der Waals surface area contributed by atoms with Crippen molar-refractivity contribution in [1.82, 2.24) is 23.7 Å². The highest BCUT2D eigenvalue weighted by Crippen LogP contribution is 2.17. The summed E-state index contributed by atoms with van der Waals surface area (Å²) >= 11 is 0. The van der Waals surface area contributed by atoms with Gasteiger partial charge in [-0.15, -0.1) is 10.2 Å². The van der Waals surface area contributed by atoms with E-state index >= 15 is 0 Å². The van der Waals surface area contributed by atoms with E-state index < -0.39 is 11.7 Å². The lowest BCUT2D eigenvalue weighted by molar-refractivity contribution is -0.145. The number of benzene rings is 2. The Balaban J connectivity index is 1.38. The Hall–Kier alpha value is -4.21. The molecule has 0 aliphatic heterocycles. The van der Waals surface area contributed by atoms with E-state index in [4.69, 9.17) is 9.15 Å². The molecule has 3 aromatic heterocycles. The Morgan fingerprint density at radius 2 is 1.91 bits per heavy atom. The molecule has 32 heavy (non-hydrogen) atoms. The molecule has 5 aromatic rings. The summed E-state index contributed by atoms with van der Waals surface area (Å²) in [5, 5.41) is 8.73. The topological polar surface area (TPSA) is 114 Å². The second kappa shape index (κ2) is 7.49. The molecular weight excluding hydrogens is 414 g/mol. The average Bonchev–Trinajstić information content (AvgIpc) is 3.35. The predicted molar refractivity (Wildman–Crippen MR) is 115 cm³/mol. The van der Waals surface area contributed by atoms with Crippen LogP contribution >= 0.6 is 0 Å². The van der Waals surface area contributed by atoms with Crippen LogP contribution in [0.2, 0.25) is 0 Å². The number of nitrogens with zero attached hydrogens (tertiary/aromatic N) is 5. The molecule has 10 nitrogen and oxygen atoms in total. The lowest BCUT2D eigenvalue weighted by Gasteiger charge is -2.09. The fourth-order valence-corrected chi connectivity index (χ4v) is 3.80. The van der Waals surface area contributed by atoms with Crippen molar-refractivity contribution >= 4 is 33.7 Å². The number of hydrogen-bond donors (Lipinski definition) is 0. The van der Waals surface area contributed by atoms with Gasteiger partial charge in [0.15, 0.2) is 18.0 Å². The smallest absolute Gasteiger partial charge is 0.419 e. The number of fused-ring (bicyclic) bond motifs is 4. The predicted octanol–water partition coefficient (Wildman–Crippen LogP) is 1.93. The molecule has 10 heteroatoms. The van der Waals surface area contributed by atoms with Gasteiger partial charge in [-0.25, -0.2) is 4.79 Å². The average molecular weight is 433 g/mol. The molecule has 3 heterocycles. The minimum Gasteiger partial charge on any atom is -0.457 e. The maximum atomic E-state index is 12.6. The highest BCUT2D eigenvalue weighted by Gasteiger charge is 2.17. The molecular formula is C22H19N5O5. The Morgan fingerprint density at radius 1 is 1.09 bits per heavy atom. The molecule has 0 saturated heterocycles. The molecule has 0 amide bonds. The summed E-state index contributed by atoms with van der Waals surface area (Å²) in [6.07, 6.45) is -0.0153. The number of aryl methyl sites for hydroxylation is 3. The molecule has 0 N–H and O–H groups in total. The Labute approximate surface area is 180 Å². The van der Waals surface area contributed by atoms with E-state index in [9.17, 15) is 14.4 Å². The van der Waals surface area contributed by atoms with Crippen molar-refractivity contribution < 1.29 is 13.9 Å². The van der Waals surface area contributed by atoms with Crippen LogP contribution in [0.15, 0.2) is 56.5 Å². The highest BCUT2D eigenvalue weighted by atomic mass is 16.5. The Bertz CT molecular complexity index is 1620. The second-order valence-corrected chi connectivity index (χ2v) is 7.53. The number of esters is 1. The van der Waals surface area contributed by atoms with Gasteiger partial charge in [-0.1, -0.05) is 23.8 Å². The zero-order chi connectivity index (χ0) is 22.4. The van der Waals surface area contributed by atoms with E-state index in [1.54, 1.807) is 41.8 Å². The van der Waals surface area contributed by atoms with Crippen LogP contribution in [0.4, 0.5) is 0 Å². The van der Waals surface area contributed by atoms with Gasteiger partial charge in [0.25, 0.3) is 5.56 Å². The summed E-state index contributed by atoms with van der Waals surface area (Å²) < 4.78 is 15.1. The fourth-order valence-electron chi connectivity index (χ4n) is 3.80. The first-order valence-electron chi connectivity index (χ1n) is 10.0. The van der Waals surface area contributed by atoms with Gasteiger partial charge in [0, 0.05) is 13.6 Å². The summed E-state index contributed by atoms with van der Waals surface area (Å²) in [7, 11) is 1.62. The minimum atomic E-state index is -0.523. The Kier molecular flexibility index (Phi) is 4.62. The fraction of sp³-hybridized carbons (Fsp3) is 0.227. The van der Waals surface area contributed by atoms with Crippen LogP contribution < -0.4 is 11.3 Å². The van der Waals surface area contributed by atoms with Crippen molar-refractivity contribution in [2.45, 2.75) is 26.5 Å². The molecule has 0 aliphatic carbocycles. The van der Waals surface area contributed by atoms with Crippen LogP contribution in [-0.4, -0.2) is 29.7 Å². The zero-order valence-corrected chi connectivity index (χ0v) is 17.4. The van der Waals surface area contributed by atoms with E-state index in [0.717, 1.165) is 5.56 Å². The maximum absolute atomic E-state index is 12.6. The molecule has 0 bridgehead atoms. The number of hydrogen-bond acceptors (Lipinski definition) is 7. The quantitative estimate of drug-likeness (QED) is 0.389. The normalized spacial score (nSPS) is 11.6. The van der Waals surface area contributed by atoms with Crippen LogP contribution in [0, 0.1) is 6.92 Å². The molecule has 0 saturated carbocycles. The van der Waals surface area contributed by atoms with E-state index in [-0.39, 0.29) is 25.1 Å². The van der Waals surface area contributed by atoms with E-state index in [2.05, 4.69) is 10.2 Å².